The topological polar surface area (TPSA) is 84.2 Å². The van der Waals surface area contributed by atoms with Gasteiger partial charge in [-0.2, -0.15) is 0 Å². The van der Waals surface area contributed by atoms with Gasteiger partial charge < -0.3 is 19.6 Å². The molecule has 2 heterocycles. The number of likely N-dealkylation sites (N-methyl/N-ethyl adjacent to an activating group) is 1. The van der Waals surface area contributed by atoms with Crippen LogP contribution in [0.4, 0.5) is 0 Å². The second-order valence-electron chi connectivity index (χ2n) is 7.41. The van der Waals surface area contributed by atoms with Crippen LogP contribution in [0.15, 0.2) is 48.3 Å². The third kappa shape index (κ3) is 4.00. The molecule has 7 heteroatoms. The molecular formula is C22H26N3O4+. The number of Topliss-reactive ketones (excluding diaryl/α,β-unsaturated/α-hetero) is 1. The third-order valence-corrected chi connectivity index (χ3v) is 5.10. The maximum Gasteiger partial charge on any atom is 0.295 e. The lowest BCUT2D eigenvalue weighted by Crippen LogP contribution is -3.06. The molecule has 0 unspecified atom stereocenters. The number of ether oxygens (including phenoxy) is 1. The lowest BCUT2D eigenvalue weighted by atomic mass is 9.94. The number of carbonyl (C=O) groups excluding carboxylic acids is 2. The van der Waals surface area contributed by atoms with Crippen molar-refractivity contribution < 1.29 is 24.3 Å². The van der Waals surface area contributed by atoms with Gasteiger partial charge in [-0.25, -0.2) is 0 Å². The second-order valence-corrected chi connectivity index (χ2v) is 7.41. The molecule has 1 aliphatic rings. The van der Waals surface area contributed by atoms with Crippen molar-refractivity contribution >= 4 is 17.4 Å². The Morgan fingerprint density at radius 3 is 2.48 bits per heavy atom. The minimum absolute atomic E-state index is 0.100. The SMILES string of the molecule is COc1ccc(C(O)=C2C(=O)C(=O)N(CC[NH+](C)C)[C@@H]2c2ccncc2)c(C)c1. The van der Waals surface area contributed by atoms with Gasteiger partial charge in [0.1, 0.15) is 11.5 Å². The van der Waals surface area contributed by atoms with Crippen LogP contribution in [0.3, 0.4) is 0 Å². The van der Waals surface area contributed by atoms with E-state index in [1.165, 1.54) is 4.90 Å². The number of carbonyl (C=O) groups is 2. The van der Waals surface area contributed by atoms with Crippen molar-refractivity contribution in [3.05, 3.63) is 65.0 Å². The van der Waals surface area contributed by atoms with E-state index in [9.17, 15) is 14.7 Å². The van der Waals surface area contributed by atoms with Crippen LogP contribution in [0.25, 0.3) is 5.76 Å². The summed E-state index contributed by atoms with van der Waals surface area (Å²) < 4.78 is 5.22. The van der Waals surface area contributed by atoms with E-state index < -0.39 is 17.7 Å². The molecule has 1 aromatic heterocycles. The number of aromatic nitrogens is 1. The molecule has 0 saturated carbocycles. The summed E-state index contributed by atoms with van der Waals surface area (Å²) >= 11 is 0. The number of hydrogen-bond donors (Lipinski definition) is 2. The number of aliphatic hydroxyl groups is 1. The molecule has 1 atom stereocenters. The molecule has 7 nitrogen and oxygen atoms in total. The van der Waals surface area contributed by atoms with Gasteiger partial charge in [0.25, 0.3) is 11.7 Å². The second kappa shape index (κ2) is 8.45. The lowest BCUT2D eigenvalue weighted by molar-refractivity contribution is -0.857. The Hall–Kier alpha value is -3.19. The number of aliphatic hydroxyl groups excluding tert-OH is 1. The van der Waals surface area contributed by atoms with Crippen LogP contribution in [-0.2, 0) is 9.59 Å². The van der Waals surface area contributed by atoms with Crippen molar-refractivity contribution in [2.75, 3.05) is 34.3 Å². The molecule has 1 amide bonds. The van der Waals surface area contributed by atoms with Gasteiger partial charge in [-0.3, -0.25) is 14.6 Å². The first-order chi connectivity index (χ1) is 13.8. The highest BCUT2D eigenvalue weighted by atomic mass is 16.5. The number of methoxy groups -OCH3 is 1. The molecule has 2 aromatic rings. The number of likely N-dealkylation sites (tertiary alicyclic amines) is 1. The van der Waals surface area contributed by atoms with Gasteiger partial charge in [0.15, 0.2) is 0 Å². The summed E-state index contributed by atoms with van der Waals surface area (Å²) in [5.41, 5.74) is 2.09. The molecule has 3 rings (SSSR count). The fraction of sp³-hybridized carbons (Fsp3) is 0.318. The van der Waals surface area contributed by atoms with Gasteiger partial charge in [0.2, 0.25) is 0 Å². The standard InChI is InChI=1S/C22H25N3O4/c1-14-13-16(29-4)5-6-17(14)20(26)18-19(15-7-9-23-10-8-15)25(12-11-24(2)3)22(28)21(18)27/h5-10,13,19,26H,11-12H2,1-4H3/p+1/t19-/m1/s1. The third-order valence-electron chi connectivity index (χ3n) is 5.10. The summed E-state index contributed by atoms with van der Waals surface area (Å²) in [5.74, 6) is -0.793. The minimum Gasteiger partial charge on any atom is -0.507 e. The number of rotatable bonds is 6. The molecule has 1 fully saturated rings. The summed E-state index contributed by atoms with van der Waals surface area (Å²) in [6.07, 6.45) is 3.23. The van der Waals surface area contributed by atoms with Crippen molar-refractivity contribution in [1.82, 2.24) is 9.88 Å². The van der Waals surface area contributed by atoms with E-state index in [-0.39, 0.29) is 11.3 Å². The summed E-state index contributed by atoms with van der Waals surface area (Å²) in [4.78, 5) is 32.5. The molecule has 1 saturated heterocycles. The Kier molecular flexibility index (Phi) is 5.98. The molecular weight excluding hydrogens is 370 g/mol. The van der Waals surface area contributed by atoms with E-state index in [1.807, 2.05) is 21.0 Å². The van der Waals surface area contributed by atoms with Crippen LogP contribution in [0.2, 0.25) is 0 Å². The Morgan fingerprint density at radius 1 is 1.21 bits per heavy atom. The van der Waals surface area contributed by atoms with E-state index in [4.69, 9.17) is 4.74 Å². The molecule has 2 N–H and O–H groups in total. The fourth-order valence-corrected chi connectivity index (χ4v) is 3.52. The number of amides is 1. The zero-order chi connectivity index (χ0) is 21.1. The highest BCUT2D eigenvalue weighted by Crippen LogP contribution is 2.39. The monoisotopic (exact) mass is 396 g/mol. The number of nitrogens with zero attached hydrogens (tertiary/aromatic N) is 2. The quantitative estimate of drug-likeness (QED) is 0.432. The zero-order valence-electron chi connectivity index (χ0n) is 17.1. The molecule has 1 aliphatic heterocycles. The number of benzene rings is 1. The summed E-state index contributed by atoms with van der Waals surface area (Å²) in [6, 6.07) is 8.07. The van der Waals surface area contributed by atoms with Crippen molar-refractivity contribution in [2.24, 2.45) is 0 Å². The van der Waals surface area contributed by atoms with Crippen LogP contribution < -0.4 is 9.64 Å². The summed E-state index contributed by atoms with van der Waals surface area (Å²) in [6.45, 7) is 2.90. The first-order valence-corrected chi connectivity index (χ1v) is 9.47. The molecule has 0 spiro atoms. The van der Waals surface area contributed by atoms with E-state index in [2.05, 4.69) is 4.98 Å². The van der Waals surface area contributed by atoms with E-state index in [1.54, 1.807) is 49.8 Å². The van der Waals surface area contributed by atoms with Crippen LogP contribution in [0, 0.1) is 6.92 Å². The van der Waals surface area contributed by atoms with Crippen LogP contribution in [0.1, 0.15) is 22.7 Å². The van der Waals surface area contributed by atoms with Gasteiger partial charge in [0, 0.05) is 18.0 Å². The number of hydrogen-bond acceptors (Lipinski definition) is 5. The van der Waals surface area contributed by atoms with Crippen LogP contribution in [0.5, 0.6) is 5.75 Å². The van der Waals surface area contributed by atoms with Gasteiger partial charge in [-0.05, 0) is 48.4 Å². The van der Waals surface area contributed by atoms with Gasteiger partial charge in [-0.1, -0.05) is 0 Å². The zero-order valence-corrected chi connectivity index (χ0v) is 17.1. The van der Waals surface area contributed by atoms with Gasteiger partial charge in [-0.15, -0.1) is 0 Å². The maximum absolute atomic E-state index is 12.9. The average molecular weight is 396 g/mol. The number of ketones is 1. The van der Waals surface area contributed by atoms with Crippen LogP contribution >= 0.6 is 0 Å². The summed E-state index contributed by atoms with van der Waals surface area (Å²) in [5, 5.41) is 11.1. The Labute approximate surface area is 170 Å². The Bertz CT molecular complexity index is 954. The first kappa shape index (κ1) is 20.5. The maximum atomic E-state index is 12.9. The van der Waals surface area contributed by atoms with Gasteiger partial charge >= 0.3 is 0 Å². The summed E-state index contributed by atoms with van der Waals surface area (Å²) in [7, 11) is 5.54. The predicted octanol–water partition coefficient (Wildman–Crippen LogP) is 0.965. The smallest absolute Gasteiger partial charge is 0.295 e. The molecule has 0 radical (unpaired) electrons. The average Bonchev–Trinajstić information content (AvgIpc) is 2.97. The van der Waals surface area contributed by atoms with Crippen molar-refractivity contribution in [3.63, 3.8) is 0 Å². The molecule has 1 aromatic carbocycles. The van der Waals surface area contributed by atoms with E-state index >= 15 is 0 Å². The largest absolute Gasteiger partial charge is 0.507 e. The number of nitrogens with one attached hydrogen (secondary N) is 1. The number of aryl methyl sites for hydroxylation is 1. The molecule has 0 aliphatic carbocycles. The Balaban J connectivity index is 2.15. The highest BCUT2D eigenvalue weighted by molar-refractivity contribution is 6.46. The highest BCUT2D eigenvalue weighted by Gasteiger charge is 2.46. The molecule has 29 heavy (non-hydrogen) atoms. The first-order valence-electron chi connectivity index (χ1n) is 9.47. The van der Waals surface area contributed by atoms with E-state index in [0.717, 1.165) is 16.0 Å². The van der Waals surface area contributed by atoms with Crippen molar-refractivity contribution in [1.29, 1.82) is 0 Å². The van der Waals surface area contributed by atoms with Crippen LogP contribution in [-0.4, -0.2) is 61.0 Å². The van der Waals surface area contributed by atoms with Gasteiger partial charge in [0.05, 0.1) is 45.9 Å². The van der Waals surface area contributed by atoms with Crippen molar-refractivity contribution in [3.8, 4) is 5.75 Å². The lowest BCUT2D eigenvalue weighted by Gasteiger charge is -2.25. The van der Waals surface area contributed by atoms with Crippen molar-refractivity contribution in [2.45, 2.75) is 13.0 Å². The fourth-order valence-electron chi connectivity index (χ4n) is 3.52. The molecule has 152 valence electrons. The molecule has 0 bridgehead atoms. The van der Waals surface area contributed by atoms with E-state index in [0.29, 0.717) is 24.4 Å². The normalized spacial score (nSPS) is 18.5. The minimum atomic E-state index is -0.673. The number of pyridine rings is 1. The number of quaternary nitrogens is 1. The predicted molar refractivity (Wildman–Crippen MR) is 109 cm³/mol. The Morgan fingerprint density at radius 2 is 1.90 bits per heavy atom.